The van der Waals surface area contributed by atoms with E-state index < -0.39 is 0 Å². The lowest BCUT2D eigenvalue weighted by atomic mass is 9.93. The SMILES string of the molecule is c1ccc(-c2cccc(-c3ccc(-c4ccccc4-c4cc(-c5ccccc5)nc(-c5ccccc5-c5ccc(-c6cccc(-c7ccccc7)c6)cc5)n4)cc3)c2)cc1. The van der Waals surface area contributed by atoms with Gasteiger partial charge in [-0.25, -0.2) is 9.97 Å². The number of nitrogens with zero attached hydrogens (tertiary/aromatic N) is 2. The molecule has 0 aliphatic heterocycles. The van der Waals surface area contributed by atoms with Gasteiger partial charge >= 0.3 is 0 Å². The van der Waals surface area contributed by atoms with E-state index in [0.717, 1.165) is 50.3 Å². The Kier molecular flexibility index (Phi) is 10.0. The van der Waals surface area contributed by atoms with Crippen LogP contribution in [0.25, 0.3) is 101 Å². The van der Waals surface area contributed by atoms with Crippen molar-refractivity contribution in [2.75, 3.05) is 0 Å². The van der Waals surface area contributed by atoms with Gasteiger partial charge in [-0.3, -0.25) is 0 Å². The second kappa shape index (κ2) is 16.5. The van der Waals surface area contributed by atoms with Gasteiger partial charge in [0.2, 0.25) is 0 Å². The molecule has 0 fully saturated rings. The minimum absolute atomic E-state index is 0.685. The number of rotatable bonds is 9. The molecule has 0 radical (unpaired) electrons. The minimum atomic E-state index is 0.685. The maximum absolute atomic E-state index is 5.37. The summed E-state index contributed by atoms with van der Waals surface area (Å²) in [5, 5.41) is 0. The second-order valence-corrected chi connectivity index (χ2v) is 15.0. The molecular weight excluding hydrogens is 725 g/mol. The molecular formula is C58H40N2. The number of benzene rings is 9. The summed E-state index contributed by atoms with van der Waals surface area (Å²) in [5.74, 6) is 0.685. The quantitative estimate of drug-likeness (QED) is 0.146. The smallest absolute Gasteiger partial charge is 0.161 e. The van der Waals surface area contributed by atoms with Crippen molar-refractivity contribution in [2.45, 2.75) is 0 Å². The Labute approximate surface area is 351 Å². The van der Waals surface area contributed by atoms with Crippen molar-refractivity contribution in [3.05, 3.63) is 243 Å². The molecule has 0 atom stereocenters. The van der Waals surface area contributed by atoms with Gasteiger partial charge in [-0.1, -0.05) is 224 Å². The van der Waals surface area contributed by atoms with Crippen LogP contribution in [0, 0.1) is 0 Å². The Hall–Kier alpha value is -7.94. The van der Waals surface area contributed by atoms with Crippen LogP contribution in [0.4, 0.5) is 0 Å². The fraction of sp³-hybridized carbons (Fsp3) is 0. The summed E-state index contributed by atoms with van der Waals surface area (Å²) in [6.45, 7) is 0. The lowest BCUT2D eigenvalue weighted by Gasteiger charge is -2.15. The first-order valence-corrected chi connectivity index (χ1v) is 20.4. The molecule has 10 aromatic rings. The predicted molar refractivity (Wildman–Crippen MR) is 251 cm³/mol. The fourth-order valence-electron chi connectivity index (χ4n) is 8.05. The molecule has 0 spiro atoms. The maximum Gasteiger partial charge on any atom is 0.161 e. The van der Waals surface area contributed by atoms with Crippen LogP contribution >= 0.6 is 0 Å². The zero-order chi connectivity index (χ0) is 40.1. The van der Waals surface area contributed by atoms with E-state index in [2.05, 4.69) is 237 Å². The van der Waals surface area contributed by atoms with E-state index in [-0.39, 0.29) is 0 Å². The largest absolute Gasteiger partial charge is 0.228 e. The van der Waals surface area contributed by atoms with Crippen LogP contribution in [0.1, 0.15) is 0 Å². The van der Waals surface area contributed by atoms with Crippen LogP contribution in [-0.4, -0.2) is 9.97 Å². The standard InChI is InChI=1S/C58H40N2/c1-4-16-41(17-5-1)48-22-14-24-50(38-48)43-30-34-45(35-31-43)52-26-10-12-28-54(52)57-40-56(47-20-8-3-9-21-47)59-58(60-57)55-29-13-11-27-53(55)46-36-32-44(33-37-46)51-25-15-23-49(39-51)42-18-6-2-7-19-42/h1-40H. The van der Waals surface area contributed by atoms with E-state index in [1.54, 1.807) is 0 Å². The molecule has 0 N–H and O–H groups in total. The van der Waals surface area contributed by atoms with Crippen molar-refractivity contribution >= 4 is 0 Å². The van der Waals surface area contributed by atoms with Gasteiger partial charge in [0, 0.05) is 16.7 Å². The van der Waals surface area contributed by atoms with Crippen LogP contribution in [-0.2, 0) is 0 Å². The Morgan fingerprint density at radius 2 is 0.500 bits per heavy atom. The van der Waals surface area contributed by atoms with Crippen LogP contribution in [0.15, 0.2) is 243 Å². The molecule has 0 aliphatic carbocycles. The number of aromatic nitrogens is 2. The second-order valence-electron chi connectivity index (χ2n) is 15.0. The molecule has 2 nitrogen and oxygen atoms in total. The van der Waals surface area contributed by atoms with Gasteiger partial charge in [-0.2, -0.15) is 0 Å². The lowest BCUT2D eigenvalue weighted by molar-refractivity contribution is 1.18. The lowest BCUT2D eigenvalue weighted by Crippen LogP contribution is -1.98. The Morgan fingerprint density at radius 1 is 0.183 bits per heavy atom. The summed E-state index contributed by atoms with van der Waals surface area (Å²) in [6.07, 6.45) is 0. The van der Waals surface area contributed by atoms with Crippen molar-refractivity contribution in [3.8, 4) is 101 Å². The molecule has 0 saturated carbocycles. The van der Waals surface area contributed by atoms with E-state index in [4.69, 9.17) is 9.97 Å². The van der Waals surface area contributed by atoms with Crippen molar-refractivity contribution in [1.29, 1.82) is 0 Å². The van der Waals surface area contributed by atoms with Gasteiger partial charge in [0.25, 0.3) is 0 Å². The normalized spacial score (nSPS) is 11.0. The average Bonchev–Trinajstić information content (AvgIpc) is 3.35. The van der Waals surface area contributed by atoms with E-state index in [9.17, 15) is 0 Å². The zero-order valence-electron chi connectivity index (χ0n) is 33.0. The Bertz CT molecular complexity index is 2860. The molecule has 0 amide bonds. The monoisotopic (exact) mass is 764 g/mol. The van der Waals surface area contributed by atoms with Crippen molar-refractivity contribution < 1.29 is 0 Å². The number of hydrogen-bond donors (Lipinski definition) is 0. The molecule has 1 heterocycles. The van der Waals surface area contributed by atoms with Crippen LogP contribution in [0.2, 0.25) is 0 Å². The van der Waals surface area contributed by atoms with Gasteiger partial charge in [0.15, 0.2) is 5.82 Å². The van der Waals surface area contributed by atoms with Crippen LogP contribution < -0.4 is 0 Å². The fourth-order valence-corrected chi connectivity index (χ4v) is 8.05. The third-order valence-corrected chi connectivity index (χ3v) is 11.2. The molecule has 0 saturated heterocycles. The summed E-state index contributed by atoms with van der Waals surface area (Å²) in [7, 11) is 0. The van der Waals surface area contributed by atoms with E-state index >= 15 is 0 Å². The molecule has 1 aromatic heterocycles. The molecule has 0 bridgehead atoms. The Balaban J connectivity index is 1.02. The van der Waals surface area contributed by atoms with Crippen LogP contribution in [0.5, 0.6) is 0 Å². The summed E-state index contributed by atoms with van der Waals surface area (Å²) >= 11 is 0. The predicted octanol–water partition coefficient (Wildman–Crippen LogP) is 15.5. The highest BCUT2D eigenvalue weighted by Gasteiger charge is 2.17. The van der Waals surface area contributed by atoms with E-state index in [1.807, 2.05) is 6.07 Å². The first-order valence-electron chi connectivity index (χ1n) is 20.4. The topological polar surface area (TPSA) is 25.8 Å². The summed E-state index contributed by atoms with van der Waals surface area (Å²) in [6, 6.07) is 85.9. The summed E-state index contributed by atoms with van der Waals surface area (Å²) < 4.78 is 0. The molecule has 282 valence electrons. The third kappa shape index (κ3) is 7.58. The first kappa shape index (κ1) is 36.4. The van der Waals surface area contributed by atoms with Gasteiger partial charge in [0.1, 0.15) is 0 Å². The maximum atomic E-state index is 5.37. The van der Waals surface area contributed by atoms with Gasteiger partial charge in [-0.05, 0) is 85.0 Å². The molecule has 0 aliphatic rings. The van der Waals surface area contributed by atoms with Crippen molar-refractivity contribution in [2.24, 2.45) is 0 Å². The third-order valence-electron chi connectivity index (χ3n) is 11.2. The van der Waals surface area contributed by atoms with Crippen LogP contribution in [0.3, 0.4) is 0 Å². The molecule has 2 heteroatoms. The van der Waals surface area contributed by atoms with E-state index in [0.29, 0.717) is 5.82 Å². The van der Waals surface area contributed by atoms with Gasteiger partial charge in [0.05, 0.1) is 11.4 Å². The van der Waals surface area contributed by atoms with Crippen molar-refractivity contribution in [3.63, 3.8) is 0 Å². The summed E-state index contributed by atoms with van der Waals surface area (Å²) in [5.41, 5.74) is 18.8. The highest BCUT2D eigenvalue weighted by Crippen LogP contribution is 2.38. The van der Waals surface area contributed by atoms with Crippen molar-refractivity contribution in [1.82, 2.24) is 9.97 Å². The highest BCUT2D eigenvalue weighted by atomic mass is 14.9. The van der Waals surface area contributed by atoms with E-state index in [1.165, 1.54) is 44.5 Å². The molecule has 10 rings (SSSR count). The first-order chi connectivity index (χ1) is 29.7. The number of hydrogen-bond acceptors (Lipinski definition) is 2. The molecule has 9 aromatic carbocycles. The average molecular weight is 765 g/mol. The summed E-state index contributed by atoms with van der Waals surface area (Å²) in [4.78, 5) is 10.6. The van der Waals surface area contributed by atoms with Gasteiger partial charge < -0.3 is 0 Å². The zero-order valence-corrected chi connectivity index (χ0v) is 33.0. The molecule has 60 heavy (non-hydrogen) atoms. The highest BCUT2D eigenvalue weighted by molar-refractivity contribution is 5.87. The van der Waals surface area contributed by atoms with Gasteiger partial charge in [-0.15, -0.1) is 0 Å². The molecule has 0 unspecified atom stereocenters. The minimum Gasteiger partial charge on any atom is -0.228 e. The Morgan fingerprint density at radius 3 is 0.967 bits per heavy atom.